The monoisotopic (exact) mass is 416 g/mol. The molecule has 1 atom stereocenters. The third-order valence-electron chi connectivity index (χ3n) is 5.07. The second-order valence-corrected chi connectivity index (χ2v) is 9.47. The summed E-state index contributed by atoms with van der Waals surface area (Å²) in [6.45, 7) is 3.46. The topological polar surface area (TPSA) is 75.7 Å². The second-order valence-electron chi connectivity index (χ2n) is 7.61. The summed E-state index contributed by atoms with van der Waals surface area (Å²) < 4.78 is 31.8. The highest BCUT2D eigenvalue weighted by Gasteiger charge is 2.29. The molecule has 0 aliphatic heterocycles. The minimum atomic E-state index is -3.64. The van der Waals surface area contributed by atoms with Gasteiger partial charge in [-0.25, -0.2) is 8.42 Å². The van der Waals surface area contributed by atoms with Crippen molar-refractivity contribution >= 4 is 27.3 Å². The summed E-state index contributed by atoms with van der Waals surface area (Å²) in [6, 6.07) is 13.4. The number of nitrogens with zero attached hydrogens (tertiary/aromatic N) is 1. The maximum Gasteiger partial charge on any atom is 0.247 e. The van der Waals surface area contributed by atoms with E-state index in [0.29, 0.717) is 11.4 Å². The number of ether oxygens (including phenoxy) is 1. The number of carbonyl (C=O) groups excluding carboxylic acids is 1. The summed E-state index contributed by atoms with van der Waals surface area (Å²) in [7, 11) is -3.64. The number of nitrogens with one attached hydrogen (secondary N) is 1. The molecular formula is C22H28N2O4S. The molecular weight excluding hydrogens is 388 g/mol. The molecule has 1 N–H and O–H groups in total. The van der Waals surface area contributed by atoms with Crippen LogP contribution < -0.4 is 14.4 Å². The third-order valence-corrected chi connectivity index (χ3v) is 6.31. The van der Waals surface area contributed by atoms with E-state index >= 15 is 0 Å². The summed E-state index contributed by atoms with van der Waals surface area (Å²) in [5, 5.41) is 2.80. The Morgan fingerprint density at radius 1 is 1.14 bits per heavy atom. The largest absolute Gasteiger partial charge is 0.490 e. The van der Waals surface area contributed by atoms with Crippen LogP contribution in [0.25, 0.3) is 0 Å². The number of aryl methyl sites for hydroxylation is 1. The predicted molar refractivity (Wildman–Crippen MR) is 116 cm³/mol. The summed E-state index contributed by atoms with van der Waals surface area (Å²) in [5.41, 5.74) is 1.98. The van der Waals surface area contributed by atoms with Crippen molar-refractivity contribution in [3.63, 3.8) is 0 Å². The molecule has 1 amide bonds. The van der Waals surface area contributed by atoms with Crippen molar-refractivity contribution in [2.75, 3.05) is 15.9 Å². The van der Waals surface area contributed by atoms with E-state index in [1.165, 1.54) is 12.8 Å². The Kier molecular flexibility index (Phi) is 6.47. The van der Waals surface area contributed by atoms with Crippen molar-refractivity contribution in [3.05, 3.63) is 54.1 Å². The van der Waals surface area contributed by atoms with Crippen molar-refractivity contribution in [3.8, 4) is 5.75 Å². The van der Waals surface area contributed by atoms with Gasteiger partial charge in [0.25, 0.3) is 0 Å². The van der Waals surface area contributed by atoms with Crippen molar-refractivity contribution in [2.45, 2.75) is 51.7 Å². The number of rotatable bonds is 7. The SMILES string of the molecule is Cc1cccc(N([C@@H](C)C(=O)Nc2ccc(OC3CCCC3)cc2)S(C)(=O)=O)c1. The molecule has 1 aliphatic rings. The van der Waals surface area contributed by atoms with Gasteiger partial charge in [0.15, 0.2) is 0 Å². The van der Waals surface area contributed by atoms with Crippen molar-refractivity contribution in [1.82, 2.24) is 0 Å². The normalized spacial score (nSPS) is 15.7. The molecule has 0 saturated heterocycles. The molecule has 0 heterocycles. The van der Waals surface area contributed by atoms with E-state index in [9.17, 15) is 13.2 Å². The molecule has 6 nitrogen and oxygen atoms in total. The van der Waals surface area contributed by atoms with Gasteiger partial charge in [0.2, 0.25) is 15.9 Å². The number of anilines is 2. The fraction of sp³-hybridized carbons (Fsp3) is 0.409. The van der Waals surface area contributed by atoms with E-state index in [1.54, 1.807) is 37.3 Å². The molecule has 1 aliphatic carbocycles. The summed E-state index contributed by atoms with van der Waals surface area (Å²) in [6.07, 6.45) is 5.94. The lowest BCUT2D eigenvalue weighted by Crippen LogP contribution is -2.45. The maximum absolute atomic E-state index is 12.8. The smallest absolute Gasteiger partial charge is 0.247 e. The fourth-order valence-corrected chi connectivity index (χ4v) is 4.80. The van der Waals surface area contributed by atoms with Crippen LogP contribution in [0.15, 0.2) is 48.5 Å². The molecule has 7 heteroatoms. The first-order chi connectivity index (χ1) is 13.7. The molecule has 0 bridgehead atoms. The van der Waals surface area contributed by atoms with E-state index in [2.05, 4.69) is 5.32 Å². The number of hydrogen-bond donors (Lipinski definition) is 1. The van der Waals surface area contributed by atoms with Crippen LogP contribution in [0.3, 0.4) is 0 Å². The molecule has 1 fully saturated rings. The van der Waals surface area contributed by atoms with Gasteiger partial charge in [0, 0.05) is 5.69 Å². The van der Waals surface area contributed by atoms with E-state index in [1.807, 2.05) is 25.1 Å². The Balaban J connectivity index is 1.71. The number of benzene rings is 2. The lowest BCUT2D eigenvalue weighted by atomic mass is 10.2. The number of carbonyl (C=O) groups is 1. The van der Waals surface area contributed by atoms with Crippen LogP contribution in [0.2, 0.25) is 0 Å². The summed E-state index contributed by atoms with van der Waals surface area (Å²) in [4.78, 5) is 12.8. The van der Waals surface area contributed by atoms with E-state index in [4.69, 9.17) is 4.74 Å². The number of amides is 1. The molecule has 156 valence electrons. The average molecular weight is 417 g/mol. The predicted octanol–water partition coefficient (Wildman–Crippen LogP) is 4.11. The highest BCUT2D eigenvalue weighted by atomic mass is 32.2. The molecule has 2 aromatic carbocycles. The van der Waals surface area contributed by atoms with Crippen molar-refractivity contribution in [2.24, 2.45) is 0 Å². The van der Waals surface area contributed by atoms with Crippen molar-refractivity contribution < 1.29 is 17.9 Å². The quantitative estimate of drug-likeness (QED) is 0.737. The maximum atomic E-state index is 12.8. The second kappa shape index (κ2) is 8.86. The third kappa shape index (κ3) is 5.50. The molecule has 1 saturated carbocycles. The molecule has 29 heavy (non-hydrogen) atoms. The Labute approximate surface area is 172 Å². The molecule has 0 radical (unpaired) electrons. The van der Waals surface area contributed by atoms with Gasteiger partial charge in [-0.2, -0.15) is 0 Å². The fourth-order valence-electron chi connectivity index (χ4n) is 3.64. The minimum absolute atomic E-state index is 0.271. The van der Waals surface area contributed by atoms with Gasteiger partial charge >= 0.3 is 0 Å². The Bertz CT molecular complexity index is 951. The van der Waals surface area contributed by atoms with Crippen molar-refractivity contribution in [1.29, 1.82) is 0 Å². The van der Waals surface area contributed by atoms with E-state index < -0.39 is 22.0 Å². The molecule has 0 spiro atoms. The lowest BCUT2D eigenvalue weighted by Gasteiger charge is -2.28. The summed E-state index contributed by atoms with van der Waals surface area (Å²) >= 11 is 0. The first kappa shape index (κ1) is 21.2. The molecule has 0 aromatic heterocycles. The Morgan fingerprint density at radius 3 is 2.38 bits per heavy atom. The van der Waals surface area contributed by atoms with Crippen LogP contribution in [-0.4, -0.2) is 32.7 Å². The van der Waals surface area contributed by atoms with E-state index in [0.717, 1.165) is 34.7 Å². The zero-order chi connectivity index (χ0) is 21.0. The minimum Gasteiger partial charge on any atom is -0.490 e. The van der Waals surface area contributed by atoms with Crippen LogP contribution in [0.1, 0.15) is 38.2 Å². The van der Waals surface area contributed by atoms with Gasteiger partial charge in [-0.05, 0) is 81.5 Å². The van der Waals surface area contributed by atoms with Crippen LogP contribution in [-0.2, 0) is 14.8 Å². The molecule has 2 aromatic rings. The van der Waals surface area contributed by atoms with Crippen LogP contribution in [0, 0.1) is 6.92 Å². The van der Waals surface area contributed by atoms with Gasteiger partial charge in [-0.1, -0.05) is 12.1 Å². The van der Waals surface area contributed by atoms with Gasteiger partial charge in [-0.15, -0.1) is 0 Å². The Hall–Kier alpha value is -2.54. The first-order valence-electron chi connectivity index (χ1n) is 9.88. The lowest BCUT2D eigenvalue weighted by molar-refractivity contribution is -0.116. The molecule has 3 rings (SSSR count). The highest BCUT2D eigenvalue weighted by molar-refractivity contribution is 7.92. The number of sulfonamides is 1. The van der Waals surface area contributed by atoms with Crippen LogP contribution in [0.4, 0.5) is 11.4 Å². The van der Waals surface area contributed by atoms with Gasteiger partial charge in [0.1, 0.15) is 11.8 Å². The number of hydrogen-bond acceptors (Lipinski definition) is 4. The van der Waals surface area contributed by atoms with Crippen LogP contribution >= 0.6 is 0 Å². The zero-order valence-electron chi connectivity index (χ0n) is 17.1. The summed E-state index contributed by atoms with van der Waals surface area (Å²) in [5.74, 6) is 0.377. The first-order valence-corrected chi connectivity index (χ1v) is 11.7. The zero-order valence-corrected chi connectivity index (χ0v) is 17.9. The van der Waals surface area contributed by atoms with Gasteiger partial charge in [-0.3, -0.25) is 9.10 Å². The standard InChI is InChI=1S/C22H28N2O4S/c1-16-7-6-8-19(15-16)24(29(3,26)27)17(2)22(25)23-18-11-13-21(14-12-18)28-20-9-4-5-10-20/h6-8,11-15,17,20H,4-5,9-10H2,1-3H3,(H,23,25)/t17-/m0/s1. The Morgan fingerprint density at radius 2 is 1.79 bits per heavy atom. The van der Waals surface area contributed by atoms with Crippen LogP contribution in [0.5, 0.6) is 5.75 Å². The van der Waals surface area contributed by atoms with Gasteiger partial charge in [0.05, 0.1) is 18.0 Å². The highest BCUT2D eigenvalue weighted by Crippen LogP contribution is 2.26. The average Bonchev–Trinajstić information content (AvgIpc) is 3.15. The van der Waals surface area contributed by atoms with Gasteiger partial charge < -0.3 is 10.1 Å². The van der Waals surface area contributed by atoms with E-state index in [-0.39, 0.29) is 6.10 Å². The molecule has 0 unspecified atom stereocenters.